The molecule has 1 aromatic heterocycles. The minimum Gasteiger partial charge on any atom is -0.376 e. The number of rotatable bonds is 4. The summed E-state index contributed by atoms with van der Waals surface area (Å²) in [6.07, 6.45) is 0.288. The summed E-state index contributed by atoms with van der Waals surface area (Å²) in [6.45, 7) is 8.25. The van der Waals surface area contributed by atoms with Gasteiger partial charge >= 0.3 is 6.03 Å². The molecule has 1 saturated heterocycles. The normalized spacial score (nSPS) is 20.2. The van der Waals surface area contributed by atoms with Crippen molar-refractivity contribution in [1.82, 2.24) is 10.2 Å². The molecule has 106 valence electrons. The molecule has 0 unspecified atom stereocenters. The van der Waals surface area contributed by atoms with Crippen molar-refractivity contribution in [2.45, 2.75) is 20.0 Å². The Hall–Kier alpha value is -1.11. The van der Waals surface area contributed by atoms with E-state index in [2.05, 4.69) is 22.5 Å². The number of ether oxygens (including phenoxy) is 1. The molecule has 0 radical (unpaired) electrons. The van der Waals surface area contributed by atoms with Gasteiger partial charge in [-0.2, -0.15) is 0 Å². The van der Waals surface area contributed by atoms with Gasteiger partial charge in [0, 0.05) is 31.1 Å². The minimum atomic E-state index is -0.136. The summed E-state index contributed by atoms with van der Waals surface area (Å²) >= 11 is 1.63. The summed E-state index contributed by atoms with van der Waals surface area (Å²) in [6, 6.07) is 1.78. The first-order chi connectivity index (χ1) is 9.15. The van der Waals surface area contributed by atoms with Gasteiger partial charge in [0.1, 0.15) is 0 Å². The molecule has 1 fully saturated rings. The van der Waals surface area contributed by atoms with Crippen LogP contribution >= 0.6 is 11.3 Å². The van der Waals surface area contributed by atoms with Gasteiger partial charge in [0.2, 0.25) is 0 Å². The smallest absolute Gasteiger partial charge is 0.319 e. The van der Waals surface area contributed by atoms with Gasteiger partial charge in [-0.05, 0) is 25.3 Å². The minimum absolute atomic E-state index is 0.136. The van der Waals surface area contributed by atoms with Crippen molar-refractivity contribution in [3.8, 4) is 0 Å². The number of amides is 2. The lowest BCUT2D eigenvalue weighted by Crippen LogP contribution is -2.45. The molecule has 0 aromatic carbocycles. The van der Waals surface area contributed by atoms with Crippen LogP contribution < -0.4 is 10.6 Å². The molecular formula is C13H21N3O2S. The predicted octanol–water partition coefficient (Wildman–Crippen LogP) is 1.90. The largest absolute Gasteiger partial charge is 0.376 e. The van der Waals surface area contributed by atoms with Crippen molar-refractivity contribution in [2.75, 3.05) is 38.1 Å². The van der Waals surface area contributed by atoms with Gasteiger partial charge in [0.05, 0.1) is 18.4 Å². The molecule has 1 aliphatic rings. The monoisotopic (exact) mass is 283 g/mol. The van der Waals surface area contributed by atoms with E-state index >= 15 is 0 Å². The number of urea groups is 1. The molecule has 2 N–H and O–H groups in total. The Labute approximate surface area is 117 Å². The van der Waals surface area contributed by atoms with E-state index in [9.17, 15) is 4.79 Å². The van der Waals surface area contributed by atoms with Crippen molar-refractivity contribution in [2.24, 2.45) is 0 Å². The van der Waals surface area contributed by atoms with E-state index in [1.165, 1.54) is 0 Å². The van der Waals surface area contributed by atoms with Gasteiger partial charge in [-0.25, -0.2) is 4.79 Å². The standard InChI is InChI=1S/C13H21N3O2S/c1-10-9-16(6-7-18-10)5-4-14-13(17)15-12-3-8-19-11(12)2/h3,8,10H,4-7,9H2,1-2H3,(H2,14,15,17)/t10-/m0/s1. The van der Waals surface area contributed by atoms with Crippen LogP contribution in [0, 0.1) is 6.92 Å². The summed E-state index contributed by atoms with van der Waals surface area (Å²) in [4.78, 5) is 15.1. The van der Waals surface area contributed by atoms with Crippen LogP contribution in [0.3, 0.4) is 0 Å². The summed E-state index contributed by atoms with van der Waals surface area (Å²) < 4.78 is 5.48. The number of carbonyl (C=O) groups excluding carboxylic acids is 1. The predicted molar refractivity (Wildman–Crippen MR) is 77.9 cm³/mol. The fourth-order valence-electron chi connectivity index (χ4n) is 2.10. The van der Waals surface area contributed by atoms with Gasteiger partial charge in [0.15, 0.2) is 0 Å². The third kappa shape index (κ3) is 4.49. The molecule has 6 heteroatoms. The van der Waals surface area contributed by atoms with Crippen molar-refractivity contribution < 1.29 is 9.53 Å². The molecule has 5 nitrogen and oxygen atoms in total. The Morgan fingerprint density at radius 2 is 2.47 bits per heavy atom. The number of anilines is 1. The highest BCUT2D eigenvalue weighted by atomic mass is 32.1. The summed E-state index contributed by atoms with van der Waals surface area (Å²) in [5.41, 5.74) is 0.891. The third-order valence-corrected chi connectivity index (χ3v) is 3.99. The molecule has 0 aliphatic carbocycles. The van der Waals surface area contributed by atoms with Crippen LogP contribution in [0.15, 0.2) is 11.4 Å². The van der Waals surface area contributed by atoms with Crippen molar-refractivity contribution in [3.63, 3.8) is 0 Å². The first-order valence-corrected chi connectivity index (χ1v) is 7.46. The number of carbonyl (C=O) groups is 1. The zero-order chi connectivity index (χ0) is 13.7. The average Bonchev–Trinajstić information content (AvgIpc) is 2.75. The van der Waals surface area contributed by atoms with Crippen LogP contribution in [0.4, 0.5) is 10.5 Å². The van der Waals surface area contributed by atoms with E-state index in [1.54, 1.807) is 11.3 Å². The average molecular weight is 283 g/mol. The van der Waals surface area contributed by atoms with Crippen LogP contribution in [-0.4, -0.2) is 49.8 Å². The molecule has 2 heterocycles. The number of hydrogen-bond donors (Lipinski definition) is 2. The van der Waals surface area contributed by atoms with Gasteiger partial charge < -0.3 is 15.4 Å². The van der Waals surface area contributed by atoms with Crippen molar-refractivity contribution in [3.05, 3.63) is 16.3 Å². The Kier molecular flexibility index (Phi) is 5.18. The van der Waals surface area contributed by atoms with E-state index in [1.807, 2.05) is 18.4 Å². The van der Waals surface area contributed by atoms with E-state index in [0.717, 1.165) is 36.8 Å². The Morgan fingerprint density at radius 3 is 3.16 bits per heavy atom. The maximum Gasteiger partial charge on any atom is 0.319 e. The van der Waals surface area contributed by atoms with Crippen LogP contribution in [-0.2, 0) is 4.74 Å². The van der Waals surface area contributed by atoms with E-state index < -0.39 is 0 Å². The molecule has 0 bridgehead atoms. The second-order valence-corrected chi connectivity index (χ2v) is 5.87. The van der Waals surface area contributed by atoms with Crippen LogP contribution in [0.1, 0.15) is 11.8 Å². The molecule has 1 atom stereocenters. The first kappa shape index (κ1) is 14.3. The maximum atomic E-state index is 11.7. The molecule has 0 saturated carbocycles. The zero-order valence-electron chi connectivity index (χ0n) is 11.4. The molecule has 2 amide bonds. The topological polar surface area (TPSA) is 53.6 Å². The first-order valence-electron chi connectivity index (χ1n) is 6.58. The maximum absolute atomic E-state index is 11.7. The molecule has 2 rings (SSSR count). The van der Waals surface area contributed by atoms with Crippen LogP contribution in [0.5, 0.6) is 0 Å². The van der Waals surface area contributed by atoms with Crippen LogP contribution in [0.25, 0.3) is 0 Å². The summed E-state index contributed by atoms with van der Waals surface area (Å²) in [7, 11) is 0. The van der Waals surface area contributed by atoms with E-state index in [0.29, 0.717) is 6.54 Å². The second kappa shape index (κ2) is 6.88. The lowest BCUT2D eigenvalue weighted by Gasteiger charge is -2.30. The highest BCUT2D eigenvalue weighted by molar-refractivity contribution is 7.10. The lowest BCUT2D eigenvalue weighted by molar-refractivity contribution is -0.0174. The Bertz CT molecular complexity index is 422. The fraction of sp³-hybridized carbons (Fsp3) is 0.615. The molecular weight excluding hydrogens is 262 g/mol. The number of hydrogen-bond acceptors (Lipinski definition) is 4. The van der Waals surface area contributed by atoms with Crippen LogP contribution in [0.2, 0.25) is 0 Å². The van der Waals surface area contributed by atoms with Gasteiger partial charge in [0.25, 0.3) is 0 Å². The van der Waals surface area contributed by atoms with E-state index in [4.69, 9.17) is 4.74 Å². The number of nitrogens with zero attached hydrogens (tertiary/aromatic N) is 1. The second-order valence-electron chi connectivity index (χ2n) is 4.75. The molecule has 19 heavy (non-hydrogen) atoms. The third-order valence-electron chi connectivity index (χ3n) is 3.15. The van der Waals surface area contributed by atoms with Gasteiger partial charge in [-0.1, -0.05) is 0 Å². The Morgan fingerprint density at radius 1 is 1.63 bits per heavy atom. The van der Waals surface area contributed by atoms with Crippen molar-refractivity contribution in [1.29, 1.82) is 0 Å². The summed E-state index contributed by atoms with van der Waals surface area (Å²) in [5, 5.41) is 7.71. The molecule has 1 aromatic rings. The highest BCUT2D eigenvalue weighted by Gasteiger charge is 2.16. The number of thiophene rings is 1. The summed E-state index contributed by atoms with van der Waals surface area (Å²) in [5.74, 6) is 0. The fourth-order valence-corrected chi connectivity index (χ4v) is 2.76. The lowest BCUT2D eigenvalue weighted by atomic mass is 10.3. The number of nitrogens with one attached hydrogen (secondary N) is 2. The van der Waals surface area contributed by atoms with E-state index in [-0.39, 0.29) is 12.1 Å². The van der Waals surface area contributed by atoms with Gasteiger partial charge in [-0.3, -0.25) is 4.90 Å². The van der Waals surface area contributed by atoms with Gasteiger partial charge in [-0.15, -0.1) is 11.3 Å². The quantitative estimate of drug-likeness (QED) is 0.887. The SMILES string of the molecule is Cc1sccc1NC(=O)NCCN1CCO[C@@H](C)C1. The molecule has 0 spiro atoms. The number of morpholine rings is 1. The zero-order valence-corrected chi connectivity index (χ0v) is 12.3. The van der Waals surface area contributed by atoms with Crippen molar-refractivity contribution >= 4 is 23.1 Å². The Balaban J connectivity index is 1.65. The highest BCUT2D eigenvalue weighted by Crippen LogP contribution is 2.20. The molecule has 1 aliphatic heterocycles. The number of aryl methyl sites for hydroxylation is 1.